The number of hydrogen-bond donors (Lipinski definition) is 3. The first-order valence-corrected chi connectivity index (χ1v) is 7.70. The second-order valence-corrected chi connectivity index (χ2v) is 6.06. The zero-order valence-corrected chi connectivity index (χ0v) is 12.2. The van der Waals surface area contributed by atoms with Gasteiger partial charge >= 0.3 is 0 Å². The van der Waals surface area contributed by atoms with Gasteiger partial charge in [-0.15, -0.1) is 0 Å². The molecule has 1 aliphatic heterocycles. The van der Waals surface area contributed by atoms with E-state index in [0.29, 0.717) is 12.1 Å². The number of fused-ring (bicyclic) bond motifs is 1. The lowest BCUT2D eigenvalue weighted by Gasteiger charge is -2.32. The predicted octanol–water partition coefficient (Wildman–Crippen LogP) is 2.19. The Hall–Kier alpha value is -1.81. The minimum absolute atomic E-state index is 0.0996. The van der Waals surface area contributed by atoms with Crippen LogP contribution in [0, 0.1) is 0 Å². The molecule has 1 aromatic carbocycles. The van der Waals surface area contributed by atoms with E-state index in [0.717, 1.165) is 43.4 Å². The highest BCUT2D eigenvalue weighted by atomic mass is 16.3. The van der Waals surface area contributed by atoms with Gasteiger partial charge in [0.2, 0.25) is 0 Å². The molecule has 0 bridgehead atoms. The molecule has 0 unspecified atom stereocenters. The molecule has 112 valence electrons. The van der Waals surface area contributed by atoms with Gasteiger partial charge in [0.1, 0.15) is 0 Å². The largest absolute Gasteiger partial charge is 0.388 e. The summed E-state index contributed by atoms with van der Waals surface area (Å²) in [5.41, 5.74) is 2.07. The first-order valence-electron chi connectivity index (χ1n) is 7.70. The number of carbonyl (C=O) groups excluding carboxylic acids is 1. The Morgan fingerprint density at radius 1 is 1.29 bits per heavy atom. The van der Waals surface area contributed by atoms with Crippen LogP contribution in [0.1, 0.15) is 53.6 Å². The molecule has 0 spiro atoms. The smallest absolute Gasteiger partial charge is 0.252 e. The second kappa shape index (κ2) is 5.90. The molecule has 0 atom stereocenters. The third kappa shape index (κ3) is 3.10. The van der Waals surface area contributed by atoms with Gasteiger partial charge < -0.3 is 15.7 Å². The average molecular weight is 286 g/mol. The summed E-state index contributed by atoms with van der Waals surface area (Å²) >= 11 is 0. The van der Waals surface area contributed by atoms with Crippen LogP contribution in [0.15, 0.2) is 24.4 Å². The Morgan fingerprint density at radius 2 is 2.10 bits per heavy atom. The van der Waals surface area contributed by atoms with Crippen LogP contribution < -0.4 is 10.6 Å². The molecule has 4 nitrogen and oxygen atoms in total. The molecule has 1 amide bonds. The SMILES string of the molecule is O=C(NCC1(O)CCCCC1)c1cccc2c1C=CNC2. The number of amides is 1. The Kier molecular flexibility index (Phi) is 3.97. The maximum Gasteiger partial charge on any atom is 0.252 e. The van der Waals surface area contributed by atoms with Crippen molar-refractivity contribution in [2.75, 3.05) is 6.54 Å². The van der Waals surface area contributed by atoms with Crippen molar-refractivity contribution in [1.29, 1.82) is 0 Å². The molecule has 1 heterocycles. The number of aliphatic hydroxyl groups is 1. The normalized spacial score (nSPS) is 19.5. The average Bonchev–Trinajstić information content (AvgIpc) is 2.53. The van der Waals surface area contributed by atoms with Crippen LogP contribution in [0.3, 0.4) is 0 Å². The predicted molar refractivity (Wildman–Crippen MR) is 82.7 cm³/mol. The maximum absolute atomic E-state index is 12.4. The summed E-state index contributed by atoms with van der Waals surface area (Å²) in [7, 11) is 0. The summed E-state index contributed by atoms with van der Waals surface area (Å²) in [6, 6.07) is 5.77. The van der Waals surface area contributed by atoms with Gasteiger partial charge in [-0.05, 0) is 42.3 Å². The standard InChI is InChI=1S/C17H22N2O2/c20-16(19-12-17(21)8-2-1-3-9-17)15-6-4-5-13-11-18-10-7-14(13)15/h4-7,10,18,21H,1-3,8-9,11-12H2,(H,19,20). The molecule has 0 radical (unpaired) electrons. The fraction of sp³-hybridized carbons (Fsp3) is 0.471. The van der Waals surface area contributed by atoms with Crippen molar-refractivity contribution >= 4 is 12.0 Å². The van der Waals surface area contributed by atoms with E-state index in [9.17, 15) is 9.90 Å². The molecule has 1 saturated carbocycles. The molecule has 1 fully saturated rings. The van der Waals surface area contributed by atoms with Crippen molar-refractivity contribution < 1.29 is 9.90 Å². The fourth-order valence-electron chi connectivity index (χ4n) is 3.20. The van der Waals surface area contributed by atoms with Gasteiger partial charge in [-0.2, -0.15) is 0 Å². The van der Waals surface area contributed by atoms with Crippen LogP contribution in [0.4, 0.5) is 0 Å². The van der Waals surface area contributed by atoms with Crippen LogP contribution in [0.2, 0.25) is 0 Å². The fourth-order valence-corrected chi connectivity index (χ4v) is 3.20. The van der Waals surface area contributed by atoms with Crippen LogP contribution in [-0.4, -0.2) is 23.2 Å². The molecular formula is C17H22N2O2. The minimum atomic E-state index is -0.722. The van der Waals surface area contributed by atoms with Crippen LogP contribution in [0.25, 0.3) is 6.08 Å². The molecule has 0 saturated heterocycles. The van der Waals surface area contributed by atoms with Crippen LogP contribution >= 0.6 is 0 Å². The molecule has 3 N–H and O–H groups in total. The topological polar surface area (TPSA) is 61.4 Å². The molecule has 4 heteroatoms. The maximum atomic E-state index is 12.4. The quantitative estimate of drug-likeness (QED) is 0.798. The third-order valence-corrected chi connectivity index (χ3v) is 4.46. The Morgan fingerprint density at radius 3 is 2.90 bits per heavy atom. The highest BCUT2D eigenvalue weighted by Gasteiger charge is 2.29. The lowest BCUT2D eigenvalue weighted by Crippen LogP contribution is -2.44. The van der Waals surface area contributed by atoms with E-state index in [1.54, 1.807) is 0 Å². The first-order chi connectivity index (χ1) is 10.2. The summed E-state index contributed by atoms with van der Waals surface area (Å²) in [5, 5.41) is 16.5. The van der Waals surface area contributed by atoms with Crippen molar-refractivity contribution in [1.82, 2.24) is 10.6 Å². The monoisotopic (exact) mass is 286 g/mol. The van der Waals surface area contributed by atoms with Crippen molar-refractivity contribution in [2.24, 2.45) is 0 Å². The molecule has 2 aliphatic rings. The highest BCUT2D eigenvalue weighted by molar-refractivity contribution is 5.98. The zero-order chi connectivity index (χ0) is 14.7. The summed E-state index contributed by atoms with van der Waals surface area (Å²) in [6.07, 6.45) is 8.63. The number of nitrogens with one attached hydrogen (secondary N) is 2. The molecule has 21 heavy (non-hydrogen) atoms. The molecule has 1 aliphatic carbocycles. The van der Waals surface area contributed by atoms with Gasteiger partial charge in [0.15, 0.2) is 0 Å². The van der Waals surface area contributed by atoms with E-state index < -0.39 is 5.60 Å². The Bertz CT molecular complexity index is 560. The Balaban J connectivity index is 1.70. The van der Waals surface area contributed by atoms with E-state index in [4.69, 9.17) is 0 Å². The molecule has 0 aromatic heterocycles. The van der Waals surface area contributed by atoms with Gasteiger partial charge in [-0.3, -0.25) is 4.79 Å². The van der Waals surface area contributed by atoms with Crippen molar-refractivity contribution in [3.8, 4) is 0 Å². The Labute approximate surface area is 125 Å². The summed E-state index contributed by atoms with van der Waals surface area (Å²) < 4.78 is 0. The minimum Gasteiger partial charge on any atom is -0.388 e. The molecular weight excluding hydrogens is 264 g/mol. The third-order valence-electron chi connectivity index (χ3n) is 4.46. The second-order valence-electron chi connectivity index (χ2n) is 6.06. The number of hydrogen-bond acceptors (Lipinski definition) is 3. The van der Waals surface area contributed by atoms with Gasteiger partial charge in [0, 0.05) is 18.7 Å². The van der Waals surface area contributed by atoms with E-state index in [1.807, 2.05) is 30.5 Å². The number of rotatable bonds is 3. The van der Waals surface area contributed by atoms with Crippen molar-refractivity contribution in [3.63, 3.8) is 0 Å². The lowest BCUT2D eigenvalue weighted by molar-refractivity contribution is 0.00525. The van der Waals surface area contributed by atoms with E-state index in [1.165, 1.54) is 6.42 Å². The van der Waals surface area contributed by atoms with Gasteiger partial charge in [-0.1, -0.05) is 31.4 Å². The first kappa shape index (κ1) is 14.1. The van der Waals surface area contributed by atoms with Gasteiger partial charge in [0.25, 0.3) is 5.91 Å². The van der Waals surface area contributed by atoms with Crippen LogP contribution in [-0.2, 0) is 6.54 Å². The number of carbonyl (C=O) groups is 1. The van der Waals surface area contributed by atoms with Crippen molar-refractivity contribution in [3.05, 3.63) is 41.1 Å². The zero-order valence-electron chi connectivity index (χ0n) is 12.2. The van der Waals surface area contributed by atoms with Gasteiger partial charge in [-0.25, -0.2) is 0 Å². The lowest BCUT2D eigenvalue weighted by atomic mass is 9.85. The van der Waals surface area contributed by atoms with Crippen LogP contribution in [0.5, 0.6) is 0 Å². The summed E-state index contributed by atoms with van der Waals surface area (Å²) in [4.78, 5) is 12.4. The summed E-state index contributed by atoms with van der Waals surface area (Å²) in [5.74, 6) is -0.0996. The van der Waals surface area contributed by atoms with Gasteiger partial charge in [0.05, 0.1) is 5.60 Å². The summed E-state index contributed by atoms with van der Waals surface area (Å²) in [6.45, 7) is 1.09. The molecule has 1 aromatic rings. The highest BCUT2D eigenvalue weighted by Crippen LogP contribution is 2.27. The van der Waals surface area contributed by atoms with E-state index in [2.05, 4.69) is 10.6 Å². The molecule has 3 rings (SSSR count). The van der Waals surface area contributed by atoms with E-state index in [-0.39, 0.29) is 5.91 Å². The number of benzene rings is 1. The van der Waals surface area contributed by atoms with Crippen molar-refractivity contribution in [2.45, 2.75) is 44.2 Å². The van der Waals surface area contributed by atoms with E-state index >= 15 is 0 Å².